The van der Waals surface area contributed by atoms with Crippen LogP contribution in [0.25, 0.3) is 33.3 Å². The molecule has 2 heterocycles. The molecule has 3 saturated carbocycles. The minimum absolute atomic E-state index is 0.0412. The van der Waals surface area contributed by atoms with Gasteiger partial charge >= 0.3 is 5.97 Å². The number of nitriles is 1. The number of carboxylic acid groups (broad SMARTS) is 1. The second kappa shape index (κ2) is 9.92. The van der Waals surface area contributed by atoms with Crippen LogP contribution in [0.1, 0.15) is 31.2 Å². The monoisotopic (exact) mass is 561 g/mol. The molecule has 41 heavy (non-hydrogen) atoms. The molecule has 2 bridgehead atoms. The number of nitrogens with zero attached hydrogens (tertiary/aromatic N) is 3. The summed E-state index contributed by atoms with van der Waals surface area (Å²) in [4.78, 5) is 30.0. The van der Waals surface area contributed by atoms with Crippen LogP contribution in [0.4, 0.5) is 24.7 Å². The van der Waals surface area contributed by atoms with E-state index in [1.165, 1.54) is 30.5 Å². The first-order chi connectivity index (χ1) is 19.7. The van der Waals surface area contributed by atoms with E-state index in [0.29, 0.717) is 6.07 Å². The number of hydrogen-bond donors (Lipinski definition) is 3. The first kappa shape index (κ1) is 26.3. The smallest absolute Gasteiger partial charge is 0.308 e. The number of rotatable bonds is 6. The molecule has 208 valence electrons. The number of pyridine rings is 1. The second-order valence-electron chi connectivity index (χ2n) is 10.5. The summed E-state index contributed by atoms with van der Waals surface area (Å²) < 4.78 is 45.1. The van der Waals surface area contributed by atoms with Gasteiger partial charge in [-0.1, -0.05) is 0 Å². The molecule has 0 aliphatic heterocycles. The summed E-state index contributed by atoms with van der Waals surface area (Å²) in [6.45, 7) is 0. The highest BCUT2D eigenvalue weighted by Crippen LogP contribution is 2.47. The van der Waals surface area contributed by atoms with Crippen LogP contribution in [0.5, 0.6) is 0 Å². The fourth-order valence-corrected chi connectivity index (χ4v) is 6.50. The summed E-state index contributed by atoms with van der Waals surface area (Å²) in [7, 11) is 0. The molecule has 0 saturated heterocycles. The number of carbonyl (C=O) groups is 1. The highest BCUT2D eigenvalue weighted by atomic mass is 19.1. The molecule has 7 rings (SSSR count). The molecule has 2 unspecified atom stereocenters. The molecule has 3 fully saturated rings. The number of anilines is 1. The quantitative estimate of drug-likeness (QED) is 0.183. The van der Waals surface area contributed by atoms with Crippen molar-refractivity contribution in [3.8, 4) is 28.5 Å². The van der Waals surface area contributed by atoms with Crippen molar-refractivity contribution in [3.05, 3.63) is 75.7 Å². The number of aromatic nitrogens is 2. The number of hydrogen-bond acceptors (Lipinski definition) is 6. The molecule has 2 aromatic carbocycles. The SMILES string of the molecule is N#Cc1c(-c2c[nH]c3c(F)cc(F)cc23)nc(NC2C3CCC(CC3)C2C(=O)O)c(F)c1-c1ccc([N+](=O)[O-])cc1. The van der Waals surface area contributed by atoms with Crippen LogP contribution in [0.2, 0.25) is 0 Å². The number of aliphatic carboxylic acids is 1. The number of halogens is 3. The molecule has 4 aromatic rings. The summed E-state index contributed by atoms with van der Waals surface area (Å²) in [5, 5.41) is 34.5. The standard InChI is InChI=1S/C29H22F3N5O4/c30-16-9-18-20(12-34-27(18)21(31)10-16)26-19(11-33)22(13-5-7-17(8-6-13)37(40)41)24(32)28(36-26)35-25-15-3-1-14(2-4-15)23(25)29(38)39/h5-10,12,14-15,23,25,34H,1-4H2,(H,35,36)(H,38,39). The van der Waals surface area contributed by atoms with Gasteiger partial charge in [-0.05, 0) is 61.3 Å². The molecule has 3 N–H and O–H groups in total. The Bertz CT molecular complexity index is 1760. The van der Waals surface area contributed by atoms with Crippen molar-refractivity contribution in [1.82, 2.24) is 9.97 Å². The van der Waals surface area contributed by atoms with Crippen molar-refractivity contribution in [2.45, 2.75) is 31.7 Å². The lowest BCUT2D eigenvalue weighted by Gasteiger charge is -2.47. The molecular weight excluding hydrogens is 539 g/mol. The van der Waals surface area contributed by atoms with Gasteiger partial charge in [0.25, 0.3) is 5.69 Å². The molecule has 3 aliphatic rings. The van der Waals surface area contributed by atoms with Crippen LogP contribution in [0.3, 0.4) is 0 Å². The number of nitro benzene ring substituents is 1. The van der Waals surface area contributed by atoms with Gasteiger partial charge in [-0.2, -0.15) is 5.26 Å². The highest BCUT2D eigenvalue weighted by molar-refractivity contribution is 5.98. The first-order valence-electron chi connectivity index (χ1n) is 13.0. The Labute approximate surface area is 230 Å². The topological polar surface area (TPSA) is 145 Å². The van der Waals surface area contributed by atoms with Crippen molar-refractivity contribution in [2.24, 2.45) is 17.8 Å². The van der Waals surface area contributed by atoms with Gasteiger partial charge < -0.3 is 15.4 Å². The van der Waals surface area contributed by atoms with Gasteiger partial charge in [0.05, 0.1) is 27.6 Å². The molecule has 9 nitrogen and oxygen atoms in total. The number of nitro groups is 1. The van der Waals surface area contributed by atoms with Gasteiger partial charge in [0.1, 0.15) is 17.7 Å². The number of H-pyrrole nitrogens is 1. The Balaban J connectivity index is 1.58. The van der Waals surface area contributed by atoms with Gasteiger partial charge in [0.15, 0.2) is 11.6 Å². The van der Waals surface area contributed by atoms with Gasteiger partial charge in [0, 0.05) is 47.0 Å². The van der Waals surface area contributed by atoms with Gasteiger partial charge in [-0.3, -0.25) is 14.9 Å². The molecule has 12 heteroatoms. The molecule has 0 amide bonds. The first-order valence-corrected chi connectivity index (χ1v) is 13.0. The largest absolute Gasteiger partial charge is 0.481 e. The van der Waals surface area contributed by atoms with Crippen LogP contribution in [-0.2, 0) is 4.79 Å². The Kier molecular flexibility index (Phi) is 6.37. The summed E-state index contributed by atoms with van der Waals surface area (Å²) in [6.07, 6.45) is 4.39. The van der Waals surface area contributed by atoms with Crippen molar-refractivity contribution in [2.75, 3.05) is 5.32 Å². The van der Waals surface area contributed by atoms with Crippen molar-refractivity contribution in [1.29, 1.82) is 5.26 Å². The van der Waals surface area contributed by atoms with E-state index in [0.717, 1.165) is 31.7 Å². The van der Waals surface area contributed by atoms with Crippen LogP contribution < -0.4 is 5.32 Å². The average molecular weight is 562 g/mol. The van der Waals surface area contributed by atoms with E-state index >= 15 is 4.39 Å². The van der Waals surface area contributed by atoms with E-state index in [9.17, 15) is 34.1 Å². The third-order valence-electron chi connectivity index (χ3n) is 8.39. The zero-order valence-electron chi connectivity index (χ0n) is 21.3. The minimum Gasteiger partial charge on any atom is -0.481 e. The molecule has 3 aliphatic carbocycles. The van der Waals surface area contributed by atoms with E-state index < -0.39 is 40.3 Å². The van der Waals surface area contributed by atoms with Crippen LogP contribution in [0.15, 0.2) is 42.6 Å². The summed E-state index contributed by atoms with van der Waals surface area (Å²) in [6, 6.07) is 8.00. The van der Waals surface area contributed by atoms with E-state index in [-0.39, 0.29) is 62.2 Å². The molecule has 2 atom stereocenters. The minimum atomic E-state index is -0.996. The lowest BCUT2D eigenvalue weighted by atomic mass is 9.61. The van der Waals surface area contributed by atoms with Gasteiger partial charge in [-0.25, -0.2) is 18.2 Å². The number of fused-ring (bicyclic) bond motifs is 4. The highest BCUT2D eigenvalue weighted by Gasteiger charge is 2.47. The third kappa shape index (κ3) is 4.34. The second-order valence-corrected chi connectivity index (χ2v) is 10.5. The van der Waals surface area contributed by atoms with Crippen LogP contribution in [-0.4, -0.2) is 32.0 Å². The normalized spacial score (nSPS) is 21.5. The van der Waals surface area contributed by atoms with Crippen molar-refractivity contribution >= 4 is 28.4 Å². The number of non-ortho nitro benzene ring substituents is 1. The average Bonchev–Trinajstić information content (AvgIpc) is 3.38. The Morgan fingerprint density at radius 2 is 1.80 bits per heavy atom. The van der Waals surface area contributed by atoms with Crippen LogP contribution >= 0.6 is 0 Å². The lowest BCUT2D eigenvalue weighted by molar-refractivity contribution is -0.384. The number of aromatic amines is 1. The van der Waals surface area contributed by atoms with E-state index in [1.54, 1.807) is 0 Å². The molecular formula is C29H22F3N5O4. The Morgan fingerprint density at radius 1 is 1.12 bits per heavy atom. The van der Waals surface area contributed by atoms with Gasteiger partial charge in [0.2, 0.25) is 0 Å². The molecule has 2 aromatic heterocycles. The zero-order chi connectivity index (χ0) is 29.0. The van der Waals surface area contributed by atoms with E-state index in [1.807, 2.05) is 6.07 Å². The Morgan fingerprint density at radius 3 is 2.44 bits per heavy atom. The third-order valence-corrected chi connectivity index (χ3v) is 8.39. The fraction of sp³-hybridized carbons (Fsp3) is 0.276. The van der Waals surface area contributed by atoms with Crippen molar-refractivity contribution < 1.29 is 28.0 Å². The predicted molar refractivity (Wildman–Crippen MR) is 142 cm³/mol. The zero-order valence-corrected chi connectivity index (χ0v) is 21.3. The maximum Gasteiger partial charge on any atom is 0.308 e. The fourth-order valence-electron chi connectivity index (χ4n) is 6.50. The maximum atomic E-state index is 16.4. The lowest BCUT2D eigenvalue weighted by Crippen LogP contribution is -2.51. The summed E-state index contributed by atoms with van der Waals surface area (Å²) in [5.74, 6) is -4.89. The Hall–Kier alpha value is -4.92. The van der Waals surface area contributed by atoms with Crippen molar-refractivity contribution in [3.63, 3.8) is 0 Å². The number of nitrogens with one attached hydrogen (secondary N) is 2. The predicted octanol–water partition coefficient (Wildman–Crippen LogP) is 6.40. The summed E-state index contributed by atoms with van der Waals surface area (Å²) >= 11 is 0. The molecule has 0 radical (unpaired) electrons. The van der Waals surface area contributed by atoms with E-state index in [2.05, 4.69) is 15.3 Å². The van der Waals surface area contributed by atoms with Crippen LogP contribution in [0, 0.1) is 56.7 Å². The summed E-state index contributed by atoms with van der Waals surface area (Å²) in [5.41, 5.74) is -0.603. The van der Waals surface area contributed by atoms with Gasteiger partial charge in [-0.15, -0.1) is 0 Å². The van der Waals surface area contributed by atoms with E-state index in [4.69, 9.17) is 0 Å². The number of carboxylic acids is 1. The molecule has 0 spiro atoms. The number of benzene rings is 2. The maximum absolute atomic E-state index is 16.4.